The molecule has 1 aliphatic rings. The van der Waals surface area contributed by atoms with E-state index in [1.54, 1.807) is 28.8 Å². The van der Waals surface area contributed by atoms with Crippen molar-refractivity contribution in [1.29, 1.82) is 0 Å². The molecule has 0 saturated carbocycles. The lowest BCUT2D eigenvalue weighted by Gasteiger charge is -2.34. The second-order valence-corrected chi connectivity index (χ2v) is 13.2. The van der Waals surface area contributed by atoms with Gasteiger partial charge in [0.1, 0.15) is 5.75 Å². The minimum Gasteiger partial charge on any atom is -0.497 e. The van der Waals surface area contributed by atoms with Gasteiger partial charge in [0.05, 0.1) is 23.4 Å². The number of hydrogen-bond donors (Lipinski definition) is 0. The van der Waals surface area contributed by atoms with Gasteiger partial charge in [-0.1, -0.05) is 56.3 Å². The first-order valence-electron chi connectivity index (χ1n) is 13.3. The van der Waals surface area contributed by atoms with E-state index in [0.717, 1.165) is 40.3 Å². The van der Waals surface area contributed by atoms with Gasteiger partial charge in [-0.2, -0.15) is 4.31 Å². The van der Waals surface area contributed by atoms with E-state index in [-0.39, 0.29) is 0 Å². The summed E-state index contributed by atoms with van der Waals surface area (Å²) in [5.74, 6) is 1.54. The van der Waals surface area contributed by atoms with Gasteiger partial charge in [-0.05, 0) is 66.6 Å². The highest BCUT2D eigenvalue weighted by molar-refractivity contribution is 7.89. The molecule has 0 amide bonds. The molecule has 39 heavy (non-hydrogen) atoms. The Bertz CT molecular complexity index is 1570. The summed E-state index contributed by atoms with van der Waals surface area (Å²) in [7, 11) is -1.92. The number of piperidine rings is 1. The number of para-hydroxylation sites is 1. The SMILES string of the molecule is COc1ccc(CCn2c(-c3cccc(S(=O)(=O)N4CC(C)CC(C)C4)c3)csc2=Nc2ccccc2)cc1. The third kappa shape index (κ3) is 6.35. The Kier molecular flexibility index (Phi) is 8.35. The second kappa shape index (κ2) is 11.9. The Morgan fingerprint density at radius 2 is 1.67 bits per heavy atom. The molecule has 4 aromatic rings. The average molecular weight is 562 g/mol. The fourth-order valence-corrected chi connectivity index (χ4v) is 7.96. The van der Waals surface area contributed by atoms with Gasteiger partial charge in [0, 0.05) is 30.6 Å². The quantitative estimate of drug-likeness (QED) is 0.251. The number of ether oxygens (including phenoxy) is 1. The van der Waals surface area contributed by atoms with Crippen molar-refractivity contribution in [2.45, 2.75) is 38.1 Å². The van der Waals surface area contributed by atoms with Crippen molar-refractivity contribution < 1.29 is 13.2 Å². The maximum absolute atomic E-state index is 13.6. The molecule has 5 rings (SSSR count). The first-order chi connectivity index (χ1) is 18.8. The summed E-state index contributed by atoms with van der Waals surface area (Å²) in [6, 6.07) is 25.4. The highest BCUT2D eigenvalue weighted by Crippen LogP contribution is 2.29. The number of hydrogen-bond acceptors (Lipinski definition) is 5. The fraction of sp³-hybridized carbons (Fsp3) is 0.323. The maximum Gasteiger partial charge on any atom is 0.243 e. The third-order valence-corrected chi connectivity index (χ3v) is 9.86. The standard InChI is InChI=1S/C31H35N3O3S2/c1-23-18-24(2)21-33(20-23)39(35,36)29-11-7-8-26(19-29)30-22-38-31(32-27-9-5-4-6-10-27)34(30)17-16-25-12-14-28(37-3)15-13-25/h4-15,19,22-24H,16-18,20-21H2,1-3H3. The number of benzene rings is 3. The van der Waals surface area contributed by atoms with Crippen LogP contribution in [0.5, 0.6) is 5.75 Å². The van der Waals surface area contributed by atoms with Crippen LogP contribution in [0.3, 0.4) is 0 Å². The first kappa shape index (κ1) is 27.4. The van der Waals surface area contributed by atoms with E-state index >= 15 is 0 Å². The summed E-state index contributed by atoms with van der Waals surface area (Å²) in [6.07, 6.45) is 1.86. The minimum atomic E-state index is -3.58. The third-order valence-electron chi connectivity index (χ3n) is 7.16. The van der Waals surface area contributed by atoms with Crippen LogP contribution in [-0.4, -0.2) is 37.5 Å². The number of sulfonamides is 1. The Labute approximate surface area is 235 Å². The summed E-state index contributed by atoms with van der Waals surface area (Å²) >= 11 is 1.57. The highest BCUT2D eigenvalue weighted by atomic mass is 32.2. The molecular formula is C31H35N3O3S2. The van der Waals surface area contributed by atoms with E-state index in [4.69, 9.17) is 9.73 Å². The van der Waals surface area contributed by atoms with Gasteiger partial charge in [0.2, 0.25) is 10.0 Å². The molecule has 1 aliphatic heterocycles. The summed E-state index contributed by atoms with van der Waals surface area (Å²) in [5.41, 5.74) is 3.90. The van der Waals surface area contributed by atoms with Crippen LogP contribution >= 0.6 is 11.3 Å². The topological polar surface area (TPSA) is 63.9 Å². The van der Waals surface area contributed by atoms with E-state index in [9.17, 15) is 8.42 Å². The normalized spacial score (nSPS) is 18.8. The van der Waals surface area contributed by atoms with E-state index in [2.05, 4.69) is 35.9 Å². The summed E-state index contributed by atoms with van der Waals surface area (Å²) < 4.78 is 36.5. The number of aryl methyl sites for hydroxylation is 1. The van der Waals surface area contributed by atoms with Crippen molar-refractivity contribution in [3.63, 3.8) is 0 Å². The van der Waals surface area contributed by atoms with E-state index in [1.165, 1.54) is 5.56 Å². The van der Waals surface area contributed by atoms with Gasteiger partial charge in [-0.3, -0.25) is 0 Å². The minimum absolute atomic E-state index is 0.343. The largest absolute Gasteiger partial charge is 0.497 e. The van der Waals surface area contributed by atoms with E-state index in [1.807, 2.05) is 60.7 Å². The molecule has 0 N–H and O–H groups in total. The van der Waals surface area contributed by atoms with Crippen molar-refractivity contribution in [3.05, 3.63) is 94.6 Å². The molecule has 0 aliphatic carbocycles. The van der Waals surface area contributed by atoms with Crippen LogP contribution < -0.4 is 9.54 Å². The van der Waals surface area contributed by atoms with Gasteiger partial charge in [-0.25, -0.2) is 13.4 Å². The van der Waals surface area contributed by atoms with E-state index in [0.29, 0.717) is 36.4 Å². The zero-order valence-electron chi connectivity index (χ0n) is 22.7. The van der Waals surface area contributed by atoms with Gasteiger partial charge < -0.3 is 9.30 Å². The molecule has 2 heterocycles. The van der Waals surface area contributed by atoms with Gasteiger partial charge >= 0.3 is 0 Å². The van der Waals surface area contributed by atoms with Crippen LogP contribution in [0, 0.1) is 11.8 Å². The van der Waals surface area contributed by atoms with Crippen molar-refractivity contribution in [2.24, 2.45) is 16.8 Å². The molecule has 6 nitrogen and oxygen atoms in total. The Hall–Kier alpha value is -3.20. The summed E-state index contributed by atoms with van der Waals surface area (Å²) in [4.78, 5) is 6.14. The number of aromatic nitrogens is 1. The lowest BCUT2D eigenvalue weighted by molar-refractivity contribution is 0.222. The smallest absolute Gasteiger partial charge is 0.243 e. The maximum atomic E-state index is 13.6. The lowest BCUT2D eigenvalue weighted by Crippen LogP contribution is -2.42. The van der Waals surface area contributed by atoms with Gasteiger partial charge in [0.25, 0.3) is 0 Å². The van der Waals surface area contributed by atoms with Crippen LogP contribution in [0.2, 0.25) is 0 Å². The molecule has 2 atom stereocenters. The molecule has 0 spiro atoms. The van der Waals surface area contributed by atoms with Gasteiger partial charge in [0.15, 0.2) is 4.80 Å². The Morgan fingerprint density at radius 1 is 0.949 bits per heavy atom. The van der Waals surface area contributed by atoms with Crippen molar-refractivity contribution >= 4 is 27.0 Å². The van der Waals surface area contributed by atoms with E-state index < -0.39 is 10.0 Å². The van der Waals surface area contributed by atoms with Crippen molar-refractivity contribution in [1.82, 2.24) is 8.87 Å². The predicted molar refractivity (Wildman–Crippen MR) is 158 cm³/mol. The first-order valence-corrected chi connectivity index (χ1v) is 15.7. The van der Waals surface area contributed by atoms with Crippen molar-refractivity contribution in [3.8, 4) is 17.0 Å². The highest BCUT2D eigenvalue weighted by Gasteiger charge is 2.31. The fourth-order valence-electron chi connectivity index (χ4n) is 5.28. The number of nitrogens with zero attached hydrogens (tertiary/aromatic N) is 3. The molecule has 1 aromatic heterocycles. The molecular weight excluding hydrogens is 526 g/mol. The molecule has 8 heteroatoms. The summed E-state index contributed by atoms with van der Waals surface area (Å²) in [5, 5.41) is 2.08. The number of thiazole rings is 1. The molecule has 1 fully saturated rings. The zero-order chi connectivity index (χ0) is 27.4. The van der Waals surface area contributed by atoms with Crippen LogP contribution in [0.1, 0.15) is 25.8 Å². The number of rotatable bonds is 8. The lowest BCUT2D eigenvalue weighted by atomic mass is 9.94. The molecule has 2 unspecified atom stereocenters. The average Bonchev–Trinajstić information content (AvgIpc) is 3.34. The zero-order valence-corrected chi connectivity index (χ0v) is 24.3. The molecule has 1 saturated heterocycles. The van der Waals surface area contributed by atoms with Crippen LogP contribution in [0.15, 0.2) is 94.1 Å². The Balaban J connectivity index is 1.51. The summed E-state index contributed by atoms with van der Waals surface area (Å²) in [6.45, 7) is 6.09. The molecule has 0 radical (unpaired) electrons. The number of methoxy groups -OCH3 is 1. The monoisotopic (exact) mass is 561 g/mol. The molecule has 0 bridgehead atoms. The van der Waals surface area contributed by atoms with Crippen LogP contribution in [0.4, 0.5) is 5.69 Å². The second-order valence-electron chi connectivity index (χ2n) is 10.4. The molecule has 3 aromatic carbocycles. The Morgan fingerprint density at radius 3 is 2.36 bits per heavy atom. The van der Waals surface area contributed by atoms with Crippen LogP contribution in [-0.2, 0) is 23.0 Å². The molecule has 204 valence electrons. The predicted octanol–water partition coefficient (Wildman–Crippen LogP) is 6.37. The van der Waals surface area contributed by atoms with Crippen molar-refractivity contribution in [2.75, 3.05) is 20.2 Å². The van der Waals surface area contributed by atoms with Crippen LogP contribution in [0.25, 0.3) is 11.3 Å². The van der Waals surface area contributed by atoms with Gasteiger partial charge in [-0.15, -0.1) is 11.3 Å².